The van der Waals surface area contributed by atoms with E-state index in [1.165, 1.54) is 12.0 Å². The minimum atomic E-state index is -0.397. The zero-order valence-electron chi connectivity index (χ0n) is 12.0. The van der Waals surface area contributed by atoms with Crippen LogP contribution in [0.1, 0.15) is 59.8 Å². The van der Waals surface area contributed by atoms with Crippen LogP contribution in [0.5, 0.6) is 0 Å². The van der Waals surface area contributed by atoms with Crippen molar-refractivity contribution < 1.29 is 9.53 Å². The van der Waals surface area contributed by atoms with Crippen molar-refractivity contribution in [1.82, 2.24) is 4.90 Å². The van der Waals surface area contributed by atoms with Crippen LogP contribution in [0.25, 0.3) is 0 Å². The number of carbonyl (C=O) groups excluding carboxylic acids is 1. The first-order valence-electron chi connectivity index (χ1n) is 7.06. The predicted molar refractivity (Wildman–Crippen MR) is 72.5 cm³/mol. The number of piperidine rings is 2. The van der Waals surface area contributed by atoms with Crippen molar-refractivity contribution in [2.75, 3.05) is 0 Å². The second-order valence-corrected chi connectivity index (χ2v) is 6.48. The van der Waals surface area contributed by atoms with Crippen molar-refractivity contribution in [1.29, 1.82) is 0 Å². The molecule has 3 nitrogen and oxygen atoms in total. The van der Waals surface area contributed by atoms with Crippen LogP contribution in [-0.2, 0) is 4.74 Å². The molecule has 2 unspecified atom stereocenters. The van der Waals surface area contributed by atoms with Crippen LogP contribution in [0.4, 0.5) is 4.79 Å². The molecule has 0 spiro atoms. The molecule has 0 saturated carbocycles. The molecule has 2 fully saturated rings. The minimum absolute atomic E-state index is 0.118. The first kappa shape index (κ1) is 13.4. The number of hydrogen-bond donors (Lipinski definition) is 0. The van der Waals surface area contributed by atoms with Gasteiger partial charge in [0.2, 0.25) is 0 Å². The summed E-state index contributed by atoms with van der Waals surface area (Å²) < 4.78 is 5.55. The molecule has 2 aliphatic rings. The van der Waals surface area contributed by atoms with Gasteiger partial charge in [0, 0.05) is 12.1 Å². The average Bonchev–Trinajstić information content (AvgIpc) is 2.24. The van der Waals surface area contributed by atoms with Crippen molar-refractivity contribution in [3.63, 3.8) is 0 Å². The van der Waals surface area contributed by atoms with Gasteiger partial charge in [0.1, 0.15) is 5.60 Å². The number of ether oxygens (including phenoxy) is 1. The molecule has 2 aliphatic heterocycles. The van der Waals surface area contributed by atoms with Crippen molar-refractivity contribution in [2.45, 2.75) is 77.5 Å². The highest BCUT2D eigenvalue weighted by atomic mass is 16.6. The summed E-state index contributed by atoms with van der Waals surface area (Å²) in [4.78, 5) is 14.3. The Morgan fingerprint density at radius 3 is 2.28 bits per heavy atom. The molecule has 2 bridgehead atoms. The zero-order chi connectivity index (χ0) is 13.3. The van der Waals surface area contributed by atoms with Crippen LogP contribution in [0.3, 0.4) is 0 Å². The van der Waals surface area contributed by atoms with Crippen LogP contribution in [0.2, 0.25) is 0 Å². The first-order valence-corrected chi connectivity index (χ1v) is 7.06. The topological polar surface area (TPSA) is 29.5 Å². The summed E-state index contributed by atoms with van der Waals surface area (Å²) in [6, 6.07) is 0.720. The van der Waals surface area contributed by atoms with Gasteiger partial charge in [-0.25, -0.2) is 4.79 Å². The molecule has 2 heterocycles. The highest BCUT2D eigenvalue weighted by molar-refractivity contribution is 5.69. The SMILES string of the molecule is CC=C1CC2CCCC(C1)N2C(=O)OC(C)(C)C. The van der Waals surface area contributed by atoms with Gasteiger partial charge in [-0.3, -0.25) is 0 Å². The molecule has 0 aliphatic carbocycles. The molecule has 0 aromatic carbocycles. The van der Waals surface area contributed by atoms with Crippen LogP contribution >= 0.6 is 0 Å². The Morgan fingerprint density at radius 2 is 1.83 bits per heavy atom. The summed E-state index contributed by atoms with van der Waals surface area (Å²) in [5, 5.41) is 0. The molecule has 102 valence electrons. The monoisotopic (exact) mass is 251 g/mol. The number of carbonyl (C=O) groups is 1. The van der Waals surface area contributed by atoms with E-state index in [4.69, 9.17) is 4.74 Å². The highest BCUT2D eigenvalue weighted by Crippen LogP contribution is 2.37. The van der Waals surface area contributed by atoms with E-state index in [2.05, 4.69) is 13.0 Å². The van der Waals surface area contributed by atoms with Crippen molar-refractivity contribution in [2.24, 2.45) is 0 Å². The van der Waals surface area contributed by atoms with Crippen LogP contribution < -0.4 is 0 Å². The summed E-state index contributed by atoms with van der Waals surface area (Å²) in [5.74, 6) is 0. The quantitative estimate of drug-likeness (QED) is 0.611. The standard InChI is InChI=1S/C15H25NO2/c1-5-11-9-12-7-6-8-13(10-11)16(12)14(17)18-15(2,3)4/h5,12-13H,6-10H2,1-4H3. The summed E-state index contributed by atoms with van der Waals surface area (Å²) in [6.45, 7) is 7.90. The van der Waals surface area contributed by atoms with E-state index in [9.17, 15) is 4.79 Å². The Hall–Kier alpha value is -0.990. The maximum absolute atomic E-state index is 12.3. The summed E-state index contributed by atoms with van der Waals surface area (Å²) in [5.41, 5.74) is 1.11. The Bertz CT molecular complexity index is 338. The zero-order valence-corrected chi connectivity index (χ0v) is 12.0. The molecule has 0 radical (unpaired) electrons. The number of hydrogen-bond acceptors (Lipinski definition) is 2. The Kier molecular flexibility index (Phi) is 3.69. The third-order valence-corrected chi connectivity index (χ3v) is 3.87. The second kappa shape index (κ2) is 4.94. The molecule has 0 N–H and O–H groups in total. The van der Waals surface area contributed by atoms with Gasteiger partial charge in [-0.05, 0) is 59.8 Å². The number of amides is 1. The molecule has 18 heavy (non-hydrogen) atoms. The molecular formula is C15H25NO2. The third kappa shape index (κ3) is 2.88. The van der Waals surface area contributed by atoms with Gasteiger partial charge in [-0.1, -0.05) is 11.6 Å². The Balaban J connectivity index is 2.11. The third-order valence-electron chi connectivity index (χ3n) is 3.87. The van der Waals surface area contributed by atoms with Crippen LogP contribution in [0.15, 0.2) is 11.6 Å². The summed E-state index contributed by atoms with van der Waals surface area (Å²) in [6.07, 6.45) is 7.65. The highest BCUT2D eigenvalue weighted by Gasteiger charge is 2.40. The number of fused-ring (bicyclic) bond motifs is 2. The van der Waals surface area contributed by atoms with E-state index in [0.717, 1.165) is 25.7 Å². The molecule has 1 amide bonds. The van der Waals surface area contributed by atoms with Crippen molar-refractivity contribution in [3.8, 4) is 0 Å². The predicted octanol–water partition coefficient (Wildman–Crippen LogP) is 3.88. The number of rotatable bonds is 0. The average molecular weight is 251 g/mol. The van der Waals surface area contributed by atoms with E-state index in [-0.39, 0.29) is 6.09 Å². The van der Waals surface area contributed by atoms with Gasteiger partial charge in [-0.2, -0.15) is 0 Å². The fourth-order valence-electron chi connectivity index (χ4n) is 3.10. The summed E-state index contributed by atoms with van der Waals surface area (Å²) >= 11 is 0. The lowest BCUT2D eigenvalue weighted by molar-refractivity contribution is -0.0113. The van der Waals surface area contributed by atoms with Gasteiger partial charge in [0.15, 0.2) is 0 Å². The van der Waals surface area contributed by atoms with Gasteiger partial charge in [0.25, 0.3) is 0 Å². The maximum atomic E-state index is 12.3. The minimum Gasteiger partial charge on any atom is -0.444 e. The summed E-state index contributed by atoms with van der Waals surface area (Å²) in [7, 11) is 0. The fraction of sp³-hybridized carbons (Fsp3) is 0.800. The van der Waals surface area contributed by atoms with Gasteiger partial charge in [0.05, 0.1) is 0 Å². The molecule has 2 atom stereocenters. The molecule has 0 aromatic rings. The van der Waals surface area contributed by atoms with E-state index < -0.39 is 5.60 Å². The molecule has 0 aromatic heterocycles. The Labute approximate surface area is 110 Å². The van der Waals surface area contributed by atoms with Gasteiger partial charge < -0.3 is 9.64 Å². The lowest BCUT2D eigenvalue weighted by Crippen LogP contribution is -2.54. The van der Waals surface area contributed by atoms with Gasteiger partial charge >= 0.3 is 6.09 Å². The van der Waals surface area contributed by atoms with E-state index in [0.29, 0.717) is 12.1 Å². The second-order valence-electron chi connectivity index (χ2n) is 6.48. The van der Waals surface area contributed by atoms with Gasteiger partial charge in [-0.15, -0.1) is 0 Å². The molecule has 3 heteroatoms. The van der Waals surface area contributed by atoms with E-state index >= 15 is 0 Å². The van der Waals surface area contributed by atoms with Crippen LogP contribution in [0, 0.1) is 0 Å². The van der Waals surface area contributed by atoms with E-state index in [1.54, 1.807) is 0 Å². The molecule has 2 rings (SSSR count). The van der Waals surface area contributed by atoms with Crippen molar-refractivity contribution in [3.05, 3.63) is 11.6 Å². The van der Waals surface area contributed by atoms with E-state index in [1.807, 2.05) is 25.7 Å². The fourth-order valence-corrected chi connectivity index (χ4v) is 3.10. The smallest absolute Gasteiger partial charge is 0.410 e. The largest absolute Gasteiger partial charge is 0.444 e. The maximum Gasteiger partial charge on any atom is 0.410 e. The van der Waals surface area contributed by atoms with Crippen LogP contribution in [-0.4, -0.2) is 28.7 Å². The molecular weight excluding hydrogens is 226 g/mol. The normalized spacial score (nSPS) is 28.0. The first-order chi connectivity index (χ1) is 8.40. The lowest BCUT2D eigenvalue weighted by atomic mass is 9.82. The number of allylic oxidation sites excluding steroid dienone is 1. The molecule has 2 saturated heterocycles. The van der Waals surface area contributed by atoms with Crippen molar-refractivity contribution >= 4 is 6.09 Å². The lowest BCUT2D eigenvalue weighted by Gasteiger charge is -2.47. The number of nitrogens with zero attached hydrogens (tertiary/aromatic N) is 1. The Morgan fingerprint density at radius 1 is 1.28 bits per heavy atom.